The molecule has 3 rings (SSSR count). The smallest absolute Gasteiger partial charge is 0.234 e. The predicted molar refractivity (Wildman–Crippen MR) is 88.7 cm³/mol. The number of halogens is 4. The van der Waals surface area contributed by atoms with E-state index in [4.69, 9.17) is 0 Å². The summed E-state index contributed by atoms with van der Waals surface area (Å²) in [5, 5.41) is 8.19. The Balaban J connectivity index is 1.89. The van der Waals surface area contributed by atoms with Crippen LogP contribution in [0, 0.1) is 3.70 Å². The Hall–Kier alpha value is -1.90. The number of rotatable bonds is 3. The lowest BCUT2D eigenvalue weighted by Crippen LogP contribution is -2.08. The number of hydrogen-bond acceptors (Lipinski definition) is 2. The lowest BCUT2D eigenvalue weighted by Gasteiger charge is -2.09. The van der Waals surface area contributed by atoms with Gasteiger partial charge in [0.05, 0.1) is 12.1 Å². The molecule has 3 aromatic rings. The number of alkyl halides is 3. The van der Waals surface area contributed by atoms with Gasteiger partial charge >= 0.3 is 6.18 Å². The van der Waals surface area contributed by atoms with E-state index in [2.05, 4.69) is 32.9 Å². The van der Waals surface area contributed by atoms with Gasteiger partial charge < -0.3 is 0 Å². The van der Waals surface area contributed by atoms with Gasteiger partial charge in [0.1, 0.15) is 9.39 Å². The number of aromatic nitrogens is 3. The first-order valence-corrected chi connectivity index (χ1v) is 7.83. The van der Waals surface area contributed by atoms with Crippen LogP contribution in [0.15, 0.2) is 54.6 Å². The summed E-state index contributed by atoms with van der Waals surface area (Å²) in [4.78, 5) is 0. The first-order chi connectivity index (χ1) is 10.9. The molecule has 0 saturated carbocycles. The van der Waals surface area contributed by atoms with Gasteiger partial charge in [-0.25, -0.2) is 4.68 Å². The van der Waals surface area contributed by atoms with Crippen LogP contribution >= 0.6 is 22.6 Å². The maximum Gasteiger partial charge on any atom is 0.416 e. The Morgan fingerprint density at radius 3 is 2.43 bits per heavy atom. The molecular weight excluding hydrogens is 418 g/mol. The Labute approximate surface area is 144 Å². The minimum absolute atomic E-state index is 0.238. The van der Waals surface area contributed by atoms with Crippen molar-refractivity contribution in [1.82, 2.24) is 15.0 Å². The second-order valence-corrected chi connectivity index (χ2v) is 5.97. The highest BCUT2D eigenvalue weighted by Gasteiger charge is 2.30. The molecule has 0 saturated heterocycles. The van der Waals surface area contributed by atoms with Gasteiger partial charge in [0.25, 0.3) is 0 Å². The maximum atomic E-state index is 12.8. The van der Waals surface area contributed by atoms with Crippen molar-refractivity contribution in [1.29, 1.82) is 0 Å². The highest BCUT2D eigenvalue weighted by atomic mass is 127. The van der Waals surface area contributed by atoms with Crippen molar-refractivity contribution in [2.75, 3.05) is 0 Å². The van der Waals surface area contributed by atoms with E-state index in [-0.39, 0.29) is 6.54 Å². The van der Waals surface area contributed by atoms with Crippen molar-refractivity contribution in [3.63, 3.8) is 0 Å². The van der Waals surface area contributed by atoms with E-state index in [1.807, 2.05) is 30.3 Å². The number of hydrogen-bond donors (Lipinski definition) is 0. The van der Waals surface area contributed by atoms with Crippen molar-refractivity contribution in [2.24, 2.45) is 0 Å². The van der Waals surface area contributed by atoms with Gasteiger partial charge in [-0.05, 0) is 40.3 Å². The van der Waals surface area contributed by atoms with Gasteiger partial charge in [0.2, 0.25) is 0 Å². The van der Waals surface area contributed by atoms with Crippen molar-refractivity contribution in [3.8, 4) is 11.3 Å². The number of benzene rings is 2. The van der Waals surface area contributed by atoms with E-state index in [9.17, 15) is 13.2 Å². The van der Waals surface area contributed by atoms with Crippen LogP contribution in [0.25, 0.3) is 11.3 Å². The molecule has 0 amide bonds. The molecule has 3 nitrogen and oxygen atoms in total. The molecular formula is C16H11F3IN3. The van der Waals surface area contributed by atoms with Gasteiger partial charge in [-0.15, -0.1) is 5.10 Å². The van der Waals surface area contributed by atoms with E-state index in [1.165, 1.54) is 6.07 Å². The quantitative estimate of drug-likeness (QED) is 0.570. The van der Waals surface area contributed by atoms with Gasteiger partial charge in [0, 0.05) is 5.56 Å². The fourth-order valence-corrected chi connectivity index (χ4v) is 2.88. The Kier molecular flexibility index (Phi) is 4.38. The van der Waals surface area contributed by atoms with E-state index < -0.39 is 11.7 Å². The zero-order chi connectivity index (χ0) is 16.4. The molecule has 0 atom stereocenters. The molecule has 0 bridgehead atoms. The molecule has 0 spiro atoms. The van der Waals surface area contributed by atoms with E-state index in [0.717, 1.165) is 27.1 Å². The zero-order valence-electron chi connectivity index (χ0n) is 11.8. The third-order valence-corrected chi connectivity index (χ3v) is 4.38. The van der Waals surface area contributed by atoms with Crippen LogP contribution < -0.4 is 0 Å². The standard InChI is InChI=1S/C16H11F3IN3/c17-16(18,19)13-8-4-5-11(9-13)10-23-15(20)14(21-22-23)12-6-2-1-3-7-12/h1-9H,10H2. The average Bonchev–Trinajstić information content (AvgIpc) is 2.89. The van der Waals surface area contributed by atoms with Crippen LogP contribution in [0.5, 0.6) is 0 Å². The molecule has 0 fully saturated rings. The Morgan fingerprint density at radius 1 is 1.00 bits per heavy atom. The summed E-state index contributed by atoms with van der Waals surface area (Å²) in [6.45, 7) is 0.238. The summed E-state index contributed by atoms with van der Waals surface area (Å²) in [5.41, 5.74) is 1.51. The summed E-state index contributed by atoms with van der Waals surface area (Å²) in [6.07, 6.45) is -4.35. The summed E-state index contributed by atoms with van der Waals surface area (Å²) in [7, 11) is 0. The molecule has 0 aliphatic carbocycles. The van der Waals surface area contributed by atoms with Crippen molar-refractivity contribution < 1.29 is 13.2 Å². The summed E-state index contributed by atoms with van der Waals surface area (Å²) < 4.78 is 40.7. The molecule has 0 aliphatic heterocycles. The lowest BCUT2D eigenvalue weighted by molar-refractivity contribution is -0.137. The highest BCUT2D eigenvalue weighted by Crippen LogP contribution is 2.30. The van der Waals surface area contributed by atoms with Crippen LogP contribution in [0.3, 0.4) is 0 Å². The molecule has 0 N–H and O–H groups in total. The average molecular weight is 429 g/mol. The summed E-state index contributed by atoms with van der Waals surface area (Å²) in [5.74, 6) is 0. The summed E-state index contributed by atoms with van der Waals surface area (Å²) >= 11 is 2.11. The van der Waals surface area contributed by atoms with Crippen LogP contribution in [0.1, 0.15) is 11.1 Å². The maximum absolute atomic E-state index is 12.8. The van der Waals surface area contributed by atoms with Gasteiger partial charge in [0.15, 0.2) is 0 Å². The van der Waals surface area contributed by atoms with Crippen LogP contribution in [0.4, 0.5) is 13.2 Å². The molecule has 0 unspecified atom stereocenters. The molecule has 7 heteroatoms. The van der Waals surface area contributed by atoms with Gasteiger partial charge in [-0.2, -0.15) is 13.2 Å². The molecule has 23 heavy (non-hydrogen) atoms. The Bertz CT molecular complexity index is 813. The van der Waals surface area contributed by atoms with Gasteiger partial charge in [-0.3, -0.25) is 0 Å². The third kappa shape index (κ3) is 3.54. The Morgan fingerprint density at radius 2 is 1.74 bits per heavy atom. The first-order valence-electron chi connectivity index (χ1n) is 6.75. The van der Waals surface area contributed by atoms with Crippen LogP contribution in [-0.2, 0) is 12.7 Å². The van der Waals surface area contributed by atoms with Crippen LogP contribution in [0.2, 0.25) is 0 Å². The van der Waals surface area contributed by atoms with E-state index in [0.29, 0.717) is 5.56 Å². The molecule has 1 aromatic heterocycles. The van der Waals surface area contributed by atoms with Crippen LogP contribution in [-0.4, -0.2) is 15.0 Å². The zero-order valence-corrected chi connectivity index (χ0v) is 13.9. The fraction of sp³-hybridized carbons (Fsp3) is 0.125. The van der Waals surface area contributed by atoms with E-state index in [1.54, 1.807) is 10.7 Å². The second-order valence-electron chi connectivity index (χ2n) is 4.95. The van der Waals surface area contributed by atoms with Crippen molar-refractivity contribution in [3.05, 3.63) is 69.4 Å². The third-order valence-electron chi connectivity index (χ3n) is 3.31. The normalized spacial score (nSPS) is 11.7. The SMILES string of the molecule is FC(F)(F)c1cccc(Cn2nnc(-c3ccccc3)c2I)c1. The second kappa shape index (κ2) is 6.31. The first kappa shape index (κ1) is 16.0. The number of nitrogens with zero attached hydrogens (tertiary/aromatic N) is 3. The molecule has 0 radical (unpaired) electrons. The molecule has 2 aromatic carbocycles. The van der Waals surface area contributed by atoms with E-state index >= 15 is 0 Å². The minimum Gasteiger partial charge on any atom is -0.234 e. The molecule has 0 aliphatic rings. The van der Waals surface area contributed by atoms with Gasteiger partial charge in [-0.1, -0.05) is 47.7 Å². The molecule has 1 heterocycles. The minimum atomic E-state index is -4.35. The lowest BCUT2D eigenvalue weighted by atomic mass is 10.1. The summed E-state index contributed by atoms with van der Waals surface area (Å²) in [6, 6.07) is 14.8. The monoisotopic (exact) mass is 429 g/mol. The molecule has 118 valence electrons. The van der Waals surface area contributed by atoms with Crippen molar-refractivity contribution >= 4 is 22.6 Å². The predicted octanol–water partition coefficient (Wildman–Crippen LogP) is 4.62. The highest BCUT2D eigenvalue weighted by molar-refractivity contribution is 14.1. The fourth-order valence-electron chi connectivity index (χ4n) is 2.19. The topological polar surface area (TPSA) is 30.7 Å². The van der Waals surface area contributed by atoms with Crippen molar-refractivity contribution in [2.45, 2.75) is 12.7 Å². The largest absolute Gasteiger partial charge is 0.416 e.